The van der Waals surface area contributed by atoms with Crippen LogP contribution in [0.3, 0.4) is 0 Å². The van der Waals surface area contributed by atoms with Gasteiger partial charge in [-0.3, -0.25) is 0 Å². The van der Waals surface area contributed by atoms with E-state index in [1.165, 1.54) is 11.1 Å². The minimum absolute atomic E-state index is 0.0450. The van der Waals surface area contributed by atoms with E-state index < -0.39 is 0 Å². The molecule has 0 aliphatic heterocycles. The predicted molar refractivity (Wildman–Crippen MR) is 80.4 cm³/mol. The highest BCUT2D eigenvalue weighted by Gasteiger charge is 2.08. The molecule has 3 nitrogen and oxygen atoms in total. The second-order valence-corrected chi connectivity index (χ2v) is 4.96. The molecule has 0 unspecified atom stereocenters. The Morgan fingerprint density at radius 3 is 2.35 bits per heavy atom. The Labute approximate surface area is 119 Å². The zero-order chi connectivity index (χ0) is 14.5. The Kier molecular flexibility index (Phi) is 4.39. The van der Waals surface area contributed by atoms with Crippen molar-refractivity contribution in [3.05, 3.63) is 64.7 Å². The second-order valence-electron chi connectivity index (χ2n) is 4.96. The van der Waals surface area contributed by atoms with Gasteiger partial charge in [0.15, 0.2) is 0 Å². The van der Waals surface area contributed by atoms with Crippen LogP contribution >= 0.6 is 0 Å². The van der Waals surface area contributed by atoms with Gasteiger partial charge in [-0.05, 0) is 30.2 Å². The van der Waals surface area contributed by atoms with Crippen LogP contribution in [-0.2, 0) is 13.2 Å². The summed E-state index contributed by atoms with van der Waals surface area (Å²) in [5, 5.41) is 18.4. The standard InChI is InChI=1S/C17H18N2O/c1-13-3-5-14(6-4-13)11-19(2)17-8-7-15(12-20)9-16(17)10-18/h3-9,20H,11-12H2,1-2H3. The average molecular weight is 266 g/mol. The van der Waals surface area contributed by atoms with Crippen molar-refractivity contribution in [3.63, 3.8) is 0 Å². The van der Waals surface area contributed by atoms with E-state index in [9.17, 15) is 5.26 Å². The quantitative estimate of drug-likeness (QED) is 0.925. The number of anilines is 1. The molecule has 0 saturated carbocycles. The van der Waals surface area contributed by atoms with Crippen molar-refractivity contribution in [1.82, 2.24) is 0 Å². The van der Waals surface area contributed by atoms with Crippen molar-refractivity contribution < 1.29 is 5.11 Å². The summed E-state index contributed by atoms with van der Waals surface area (Å²) in [6.45, 7) is 2.76. The Morgan fingerprint density at radius 2 is 1.75 bits per heavy atom. The molecule has 0 aliphatic rings. The number of aryl methyl sites for hydroxylation is 1. The summed E-state index contributed by atoms with van der Waals surface area (Å²) < 4.78 is 0. The topological polar surface area (TPSA) is 47.3 Å². The lowest BCUT2D eigenvalue weighted by Gasteiger charge is -2.21. The monoisotopic (exact) mass is 266 g/mol. The van der Waals surface area contributed by atoms with Crippen LogP contribution in [0.2, 0.25) is 0 Å². The van der Waals surface area contributed by atoms with Gasteiger partial charge in [-0.25, -0.2) is 0 Å². The fourth-order valence-electron chi connectivity index (χ4n) is 2.16. The molecular formula is C17H18N2O. The molecule has 0 spiro atoms. The number of nitriles is 1. The molecular weight excluding hydrogens is 248 g/mol. The van der Waals surface area contributed by atoms with Crippen LogP contribution in [0.25, 0.3) is 0 Å². The molecule has 0 aliphatic carbocycles. The maximum atomic E-state index is 9.23. The lowest BCUT2D eigenvalue weighted by Crippen LogP contribution is -2.17. The minimum atomic E-state index is -0.0450. The zero-order valence-corrected chi connectivity index (χ0v) is 11.8. The number of rotatable bonds is 4. The molecule has 0 radical (unpaired) electrons. The van der Waals surface area contributed by atoms with Crippen molar-refractivity contribution in [2.45, 2.75) is 20.1 Å². The van der Waals surface area contributed by atoms with Gasteiger partial charge < -0.3 is 10.0 Å². The summed E-state index contributed by atoms with van der Waals surface area (Å²) in [6.07, 6.45) is 0. The molecule has 0 aromatic heterocycles. The van der Waals surface area contributed by atoms with Gasteiger partial charge in [0.2, 0.25) is 0 Å². The van der Waals surface area contributed by atoms with Crippen molar-refractivity contribution in [1.29, 1.82) is 5.26 Å². The molecule has 0 saturated heterocycles. The number of hydrogen-bond acceptors (Lipinski definition) is 3. The first-order valence-electron chi connectivity index (χ1n) is 6.54. The average Bonchev–Trinajstić information content (AvgIpc) is 2.48. The van der Waals surface area contributed by atoms with Gasteiger partial charge in [0, 0.05) is 13.6 Å². The highest BCUT2D eigenvalue weighted by molar-refractivity contribution is 5.60. The molecule has 0 atom stereocenters. The summed E-state index contributed by atoms with van der Waals surface area (Å²) in [5.41, 5.74) is 4.67. The Bertz CT molecular complexity index is 626. The summed E-state index contributed by atoms with van der Waals surface area (Å²) in [7, 11) is 1.97. The Hall–Kier alpha value is -2.31. The van der Waals surface area contributed by atoms with Crippen LogP contribution in [0.1, 0.15) is 22.3 Å². The number of benzene rings is 2. The molecule has 2 aromatic rings. The van der Waals surface area contributed by atoms with E-state index in [4.69, 9.17) is 5.11 Å². The Morgan fingerprint density at radius 1 is 1.10 bits per heavy atom. The van der Waals surface area contributed by atoms with Crippen LogP contribution in [0, 0.1) is 18.3 Å². The van der Waals surface area contributed by atoms with Crippen LogP contribution in [0.4, 0.5) is 5.69 Å². The summed E-state index contributed by atoms with van der Waals surface area (Å²) >= 11 is 0. The fourth-order valence-corrected chi connectivity index (χ4v) is 2.16. The zero-order valence-electron chi connectivity index (χ0n) is 11.8. The van der Waals surface area contributed by atoms with Crippen LogP contribution in [0.15, 0.2) is 42.5 Å². The Balaban J connectivity index is 2.22. The van der Waals surface area contributed by atoms with E-state index in [0.29, 0.717) is 5.56 Å². The third-order valence-corrected chi connectivity index (χ3v) is 3.32. The number of aliphatic hydroxyl groups excluding tert-OH is 1. The van der Waals surface area contributed by atoms with Gasteiger partial charge in [-0.15, -0.1) is 0 Å². The van der Waals surface area contributed by atoms with E-state index in [0.717, 1.165) is 17.8 Å². The van der Waals surface area contributed by atoms with E-state index in [-0.39, 0.29) is 6.61 Å². The van der Waals surface area contributed by atoms with Gasteiger partial charge in [-0.2, -0.15) is 5.26 Å². The largest absolute Gasteiger partial charge is 0.392 e. The molecule has 1 N–H and O–H groups in total. The number of aliphatic hydroxyl groups is 1. The van der Waals surface area contributed by atoms with Crippen molar-refractivity contribution in [2.24, 2.45) is 0 Å². The summed E-state index contributed by atoms with van der Waals surface area (Å²) in [5.74, 6) is 0. The lowest BCUT2D eigenvalue weighted by atomic mass is 10.1. The van der Waals surface area contributed by atoms with Crippen LogP contribution in [0.5, 0.6) is 0 Å². The predicted octanol–water partition coefficient (Wildman–Crippen LogP) is 3.00. The van der Waals surface area contributed by atoms with Crippen molar-refractivity contribution in [2.75, 3.05) is 11.9 Å². The molecule has 0 bridgehead atoms. The maximum Gasteiger partial charge on any atom is 0.101 e. The van der Waals surface area contributed by atoms with Gasteiger partial charge in [0.1, 0.15) is 6.07 Å². The van der Waals surface area contributed by atoms with Crippen molar-refractivity contribution in [3.8, 4) is 6.07 Å². The minimum Gasteiger partial charge on any atom is -0.392 e. The normalized spacial score (nSPS) is 10.1. The SMILES string of the molecule is Cc1ccc(CN(C)c2ccc(CO)cc2C#N)cc1. The van der Waals surface area contributed by atoms with Gasteiger partial charge in [-0.1, -0.05) is 35.9 Å². The first kappa shape index (κ1) is 14.1. The third kappa shape index (κ3) is 3.17. The van der Waals surface area contributed by atoms with Gasteiger partial charge in [0.05, 0.1) is 17.9 Å². The molecule has 3 heteroatoms. The maximum absolute atomic E-state index is 9.23. The number of nitrogens with zero attached hydrogens (tertiary/aromatic N) is 2. The molecule has 0 amide bonds. The van der Waals surface area contributed by atoms with Crippen LogP contribution < -0.4 is 4.90 Å². The highest BCUT2D eigenvalue weighted by atomic mass is 16.3. The van der Waals surface area contributed by atoms with Crippen LogP contribution in [-0.4, -0.2) is 12.2 Å². The first-order valence-corrected chi connectivity index (χ1v) is 6.54. The van der Waals surface area contributed by atoms with Gasteiger partial charge >= 0.3 is 0 Å². The number of hydrogen-bond donors (Lipinski definition) is 1. The molecule has 0 heterocycles. The molecule has 2 aromatic carbocycles. The van der Waals surface area contributed by atoms with E-state index >= 15 is 0 Å². The molecule has 2 rings (SSSR count). The second kappa shape index (κ2) is 6.23. The third-order valence-electron chi connectivity index (χ3n) is 3.32. The van der Waals surface area contributed by atoms with E-state index in [1.54, 1.807) is 6.07 Å². The fraction of sp³-hybridized carbons (Fsp3) is 0.235. The van der Waals surface area contributed by atoms with Crippen molar-refractivity contribution >= 4 is 5.69 Å². The highest BCUT2D eigenvalue weighted by Crippen LogP contribution is 2.22. The molecule has 20 heavy (non-hydrogen) atoms. The van der Waals surface area contributed by atoms with E-state index in [1.807, 2.05) is 24.1 Å². The smallest absolute Gasteiger partial charge is 0.101 e. The summed E-state index contributed by atoms with van der Waals surface area (Å²) in [4.78, 5) is 2.05. The van der Waals surface area contributed by atoms with Gasteiger partial charge in [0.25, 0.3) is 0 Å². The molecule has 102 valence electrons. The van der Waals surface area contributed by atoms with E-state index in [2.05, 4.69) is 37.3 Å². The molecule has 0 fully saturated rings. The first-order chi connectivity index (χ1) is 9.63. The lowest BCUT2D eigenvalue weighted by molar-refractivity contribution is 0.282. The summed E-state index contributed by atoms with van der Waals surface area (Å²) in [6, 6.07) is 16.0.